The van der Waals surface area contributed by atoms with Crippen LogP contribution in [0.2, 0.25) is 0 Å². The summed E-state index contributed by atoms with van der Waals surface area (Å²) in [5.41, 5.74) is 0.862. The van der Waals surface area contributed by atoms with E-state index in [1.807, 2.05) is 0 Å². The second-order valence-corrected chi connectivity index (χ2v) is 3.59. The van der Waals surface area contributed by atoms with Gasteiger partial charge < -0.3 is 4.74 Å². The number of halogens is 1. The van der Waals surface area contributed by atoms with Gasteiger partial charge in [-0.3, -0.25) is 0 Å². The van der Waals surface area contributed by atoms with Gasteiger partial charge in [0.1, 0.15) is 10.2 Å². The first-order valence-corrected chi connectivity index (χ1v) is 5.18. The van der Waals surface area contributed by atoms with E-state index >= 15 is 0 Å². The molecule has 0 aliphatic rings. The summed E-state index contributed by atoms with van der Waals surface area (Å²) in [7, 11) is 0. The topological polar surface area (TPSA) is 56.5 Å². The quantitative estimate of drug-likeness (QED) is 0.615. The number of aromatic nitrogens is 3. The lowest BCUT2D eigenvalue weighted by Gasteiger charge is -1.99. The number of hydrogen-bond donors (Lipinski definition) is 0. The Morgan fingerprint density at radius 3 is 3.20 bits per heavy atom. The monoisotopic (exact) mass is 269 g/mol. The molecule has 0 aliphatic carbocycles. The molecule has 0 amide bonds. The number of ether oxygens (including phenoxy) is 1. The Bertz CT molecular complexity index is 509. The number of carbonyl (C=O) groups is 1. The molecule has 2 aromatic heterocycles. The smallest absolute Gasteiger partial charge is 0.343 e. The van der Waals surface area contributed by atoms with Gasteiger partial charge in [-0.05, 0) is 28.9 Å². The predicted molar refractivity (Wildman–Crippen MR) is 56.6 cm³/mol. The van der Waals surface area contributed by atoms with Crippen molar-refractivity contribution in [3.8, 4) is 0 Å². The van der Waals surface area contributed by atoms with E-state index in [0.29, 0.717) is 17.8 Å². The van der Waals surface area contributed by atoms with Crippen LogP contribution in [0.4, 0.5) is 0 Å². The first kappa shape index (κ1) is 10.1. The molecule has 2 aromatic rings. The molecule has 0 N–H and O–H groups in total. The molecule has 0 spiro atoms. The van der Waals surface area contributed by atoms with Crippen molar-refractivity contribution in [3.63, 3.8) is 0 Å². The summed E-state index contributed by atoms with van der Waals surface area (Å²) in [5.74, 6) is -0.405. The first-order chi connectivity index (χ1) is 7.24. The molecule has 5 nitrogen and oxygen atoms in total. The summed E-state index contributed by atoms with van der Waals surface area (Å²) in [6, 6.07) is 1.74. The molecule has 0 aliphatic heterocycles. The van der Waals surface area contributed by atoms with Crippen LogP contribution in [0.5, 0.6) is 0 Å². The molecule has 0 atom stereocenters. The zero-order valence-corrected chi connectivity index (χ0v) is 9.56. The second kappa shape index (κ2) is 3.98. The molecule has 0 unspecified atom stereocenters. The standard InChI is InChI=1S/C9H8BrN3O2/c1-2-15-9(14)6-5-12-13-7(10)3-4-11-8(6)13/h3-5H,2H2,1H3. The second-order valence-electron chi connectivity index (χ2n) is 2.78. The van der Waals surface area contributed by atoms with Crippen LogP contribution in [0.15, 0.2) is 23.1 Å². The Labute approximate surface area is 94.2 Å². The van der Waals surface area contributed by atoms with Crippen LogP contribution in [0.1, 0.15) is 17.3 Å². The van der Waals surface area contributed by atoms with Gasteiger partial charge in [0.15, 0.2) is 5.65 Å². The van der Waals surface area contributed by atoms with Gasteiger partial charge in [0.2, 0.25) is 0 Å². The minimum atomic E-state index is -0.405. The van der Waals surface area contributed by atoms with Crippen molar-refractivity contribution < 1.29 is 9.53 Å². The van der Waals surface area contributed by atoms with E-state index in [2.05, 4.69) is 26.0 Å². The summed E-state index contributed by atoms with van der Waals surface area (Å²) in [6.45, 7) is 2.09. The normalized spacial score (nSPS) is 10.5. The molecule has 0 fully saturated rings. The molecular weight excluding hydrogens is 262 g/mol. The molecule has 15 heavy (non-hydrogen) atoms. The summed E-state index contributed by atoms with van der Waals surface area (Å²) in [4.78, 5) is 15.6. The molecule has 0 bridgehead atoms. The zero-order valence-electron chi connectivity index (χ0n) is 7.98. The van der Waals surface area contributed by atoms with Gasteiger partial charge in [-0.2, -0.15) is 5.10 Å². The average Bonchev–Trinajstić information content (AvgIpc) is 2.63. The van der Waals surface area contributed by atoms with Gasteiger partial charge in [0.05, 0.1) is 12.8 Å². The van der Waals surface area contributed by atoms with Gasteiger partial charge >= 0.3 is 5.97 Å². The van der Waals surface area contributed by atoms with Crippen molar-refractivity contribution in [1.29, 1.82) is 0 Å². The lowest BCUT2D eigenvalue weighted by Crippen LogP contribution is -2.04. The Morgan fingerprint density at radius 2 is 2.47 bits per heavy atom. The summed E-state index contributed by atoms with van der Waals surface area (Å²) < 4.78 is 7.16. The third-order valence-corrected chi connectivity index (χ3v) is 2.45. The third kappa shape index (κ3) is 1.72. The van der Waals surface area contributed by atoms with Crippen molar-refractivity contribution in [3.05, 3.63) is 28.6 Å². The van der Waals surface area contributed by atoms with Gasteiger partial charge in [-0.25, -0.2) is 14.3 Å². The summed E-state index contributed by atoms with van der Waals surface area (Å²) >= 11 is 3.31. The molecular formula is C9H8BrN3O2. The molecule has 0 saturated heterocycles. The minimum absolute atomic E-state index is 0.337. The predicted octanol–water partition coefficient (Wildman–Crippen LogP) is 1.67. The Kier molecular flexibility index (Phi) is 2.68. The van der Waals surface area contributed by atoms with Gasteiger partial charge in [-0.15, -0.1) is 0 Å². The van der Waals surface area contributed by atoms with Crippen LogP contribution >= 0.6 is 15.9 Å². The average molecular weight is 270 g/mol. The van der Waals surface area contributed by atoms with Crippen molar-refractivity contribution >= 4 is 27.5 Å². The molecule has 0 radical (unpaired) electrons. The fourth-order valence-electron chi connectivity index (χ4n) is 1.22. The van der Waals surface area contributed by atoms with E-state index < -0.39 is 5.97 Å². The van der Waals surface area contributed by atoms with E-state index in [1.54, 1.807) is 19.2 Å². The number of carbonyl (C=O) groups excluding carboxylic acids is 1. The van der Waals surface area contributed by atoms with Gasteiger partial charge in [-0.1, -0.05) is 0 Å². The van der Waals surface area contributed by atoms with Crippen LogP contribution in [-0.2, 0) is 4.74 Å². The third-order valence-electron chi connectivity index (χ3n) is 1.85. The minimum Gasteiger partial charge on any atom is -0.462 e. The van der Waals surface area contributed by atoms with Crippen LogP contribution in [0.25, 0.3) is 5.65 Å². The summed E-state index contributed by atoms with van der Waals surface area (Å²) in [6.07, 6.45) is 3.05. The van der Waals surface area contributed by atoms with E-state index in [4.69, 9.17) is 4.74 Å². The highest BCUT2D eigenvalue weighted by Crippen LogP contribution is 2.14. The molecule has 0 aromatic carbocycles. The van der Waals surface area contributed by atoms with Gasteiger partial charge in [0.25, 0.3) is 0 Å². The SMILES string of the molecule is CCOC(=O)c1cnn2c(Br)ccnc12. The van der Waals surface area contributed by atoms with E-state index in [9.17, 15) is 4.79 Å². The Morgan fingerprint density at radius 1 is 1.67 bits per heavy atom. The van der Waals surface area contributed by atoms with Crippen molar-refractivity contribution in [1.82, 2.24) is 14.6 Å². The maximum absolute atomic E-state index is 11.5. The number of hydrogen-bond acceptors (Lipinski definition) is 4. The Hall–Kier alpha value is -1.43. The largest absolute Gasteiger partial charge is 0.462 e. The molecule has 0 saturated carbocycles. The van der Waals surface area contributed by atoms with Crippen LogP contribution in [0.3, 0.4) is 0 Å². The number of nitrogens with zero attached hydrogens (tertiary/aromatic N) is 3. The molecule has 2 heterocycles. The fraction of sp³-hybridized carbons (Fsp3) is 0.222. The maximum Gasteiger partial charge on any atom is 0.343 e. The lowest BCUT2D eigenvalue weighted by molar-refractivity contribution is 0.0528. The first-order valence-electron chi connectivity index (χ1n) is 4.39. The zero-order chi connectivity index (χ0) is 10.8. The van der Waals surface area contributed by atoms with Crippen LogP contribution < -0.4 is 0 Å². The molecule has 6 heteroatoms. The van der Waals surface area contributed by atoms with E-state index in [-0.39, 0.29) is 0 Å². The number of fused-ring (bicyclic) bond motifs is 1. The van der Waals surface area contributed by atoms with Crippen molar-refractivity contribution in [2.24, 2.45) is 0 Å². The van der Waals surface area contributed by atoms with Gasteiger partial charge in [0, 0.05) is 6.20 Å². The van der Waals surface area contributed by atoms with E-state index in [0.717, 1.165) is 4.60 Å². The highest BCUT2D eigenvalue weighted by atomic mass is 79.9. The maximum atomic E-state index is 11.5. The number of esters is 1. The molecule has 2 rings (SSSR count). The highest BCUT2D eigenvalue weighted by molar-refractivity contribution is 9.10. The van der Waals surface area contributed by atoms with E-state index in [1.165, 1.54) is 10.7 Å². The Balaban J connectivity index is 2.54. The lowest BCUT2D eigenvalue weighted by atomic mass is 10.3. The van der Waals surface area contributed by atoms with Crippen molar-refractivity contribution in [2.45, 2.75) is 6.92 Å². The molecule has 78 valence electrons. The fourth-order valence-corrected chi connectivity index (χ4v) is 1.59. The highest BCUT2D eigenvalue weighted by Gasteiger charge is 2.15. The summed E-state index contributed by atoms with van der Waals surface area (Å²) in [5, 5.41) is 4.03. The van der Waals surface area contributed by atoms with Crippen LogP contribution in [0, 0.1) is 0 Å². The number of rotatable bonds is 2. The van der Waals surface area contributed by atoms with Crippen molar-refractivity contribution in [2.75, 3.05) is 6.61 Å². The van der Waals surface area contributed by atoms with Crippen LogP contribution in [-0.4, -0.2) is 27.2 Å².